The number of para-hydroxylation sites is 1. The summed E-state index contributed by atoms with van der Waals surface area (Å²) in [7, 11) is -4.22. The first kappa shape index (κ1) is 30.3. The molecule has 2 aromatic rings. The number of hydrogen-bond donors (Lipinski definition) is 0. The molecule has 0 bridgehead atoms. The second kappa shape index (κ2) is 11.5. The van der Waals surface area contributed by atoms with Gasteiger partial charge in [0, 0.05) is 31.7 Å². The lowest BCUT2D eigenvalue weighted by molar-refractivity contribution is -0.387. The number of alkyl halides is 3. The van der Waals surface area contributed by atoms with E-state index in [-0.39, 0.29) is 26.1 Å². The number of carbonyl (C=O) groups is 1. The van der Waals surface area contributed by atoms with E-state index < -0.39 is 61.3 Å². The van der Waals surface area contributed by atoms with Gasteiger partial charge in [0.1, 0.15) is 17.4 Å². The fraction of sp³-hybridized carbons (Fsp3) is 0.480. The number of nitrogens with zero attached hydrogens (tertiary/aromatic N) is 3. The molecule has 3 rings (SSSR count). The predicted octanol–water partition coefficient (Wildman–Crippen LogP) is 4.14. The number of nitro benzene ring substituents is 1. The van der Waals surface area contributed by atoms with Crippen molar-refractivity contribution in [2.45, 2.75) is 63.1 Å². The van der Waals surface area contributed by atoms with E-state index in [9.17, 15) is 36.5 Å². The summed E-state index contributed by atoms with van der Waals surface area (Å²) in [6, 6.07) is 8.70. The molecule has 14 heteroatoms. The lowest BCUT2D eigenvalue weighted by atomic mass is 10.0. The van der Waals surface area contributed by atoms with Crippen LogP contribution in [0.5, 0.6) is 5.75 Å². The SMILES string of the molecule is C[C@H]1CN([C@@H](Cc2ccc(OC(F)(F)F)cc2)C(=O)OC(C)(C)C)CCN1S(=O)(=O)c1ccccc1[N+](=O)[O-]. The van der Waals surface area contributed by atoms with Crippen LogP contribution in [0, 0.1) is 10.1 Å². The highest BCUT2D eigenvalue weighted by molar-refractivity contribution is 7.89. The molecule has 0 amide bonds. The zero-order valence-corrected chi connectivity index (χ0v) is 22.7. The summed E-state index contributed by atoms with van der Waals surface area (Å²) in [5.74, 6) is -0.970. The van der Waals surface area contributed by atoms with Crippen LogP contribution in [0.1, 0.15) is 33.3 Å². The molecular formula is C25H30F3N3O7S. The van der Waals surface area contributed by atoms with E-state index in [4.69, 9.17) is 4.74 Å². The van der Waals surface area contributed by atoms with Crippen molar-refractivity contribution in [1.82, 2.24) is 9.21 Å². The molecule has 0 saturated carbocycles. The lowest BCUT2D eigenvalue weighted by Gasteiger charge is -2.42. The summed E-state index contributed by atoms with van der Waals surface area (Å²) in [6.07, 6.45) is -4.75. The van der Waals surface area contributed by atoms with Crippen molar-refractivity contribution in [3.63, 3.8) is 0 Å². The molecule has 2 aromatic carbocycles. The number of rotatable bonds is 8. The molecule has 1 saturated heterocycles. The molecule has 2 atom stereocenters. The molecule has 1 aliphatic heterocycles. The number of piperazine rings is 1. The Balaban J connectivity index is 1.83. The number of nitro groups is 1. The van der Waals surface area contributed by atoms with Crippen LogP contribution in [0.2, 0.25) is 0 Å². The summed E-state index contributed by atoms with van der Waals surface area (Å²) in [6.45, 7) is 6.91. The summed E-state index contributed by atoms with van der Waals surface area (Å²) in [4.78, 5) is 25.2. The molecule has 1 fully saturated rings. The van der Waals surface area contributed by atoms with E-state index in [1.165, 1.54) is 34.6 Å². The minimum absolute atomic E-state index is 0.0484. The minimum atomic E-state index is -4.84. The topological polar surface area (TPSA) is 119 Å². The monoisotopic (exact) mass is 573 g/mol. The Morgan fingerprint density at radius 1 is 1.10 bits per heavy atom. The summed E-state index contributed by atoms with van der Waals surface area (Å²) < 4.78 is 74.9. The Bertz CT molecular complexity index is 1300. The highest BCUT2D eigenvalue weighted by Crippen LogP contribution is 2.30. The van der Waals surface area contributed by atoms with Crippen molar-refractivity contribution in [3.8, 4) is 5.75 Å². The lowest BCUT2D eigenvalue weighted by Crippen LogP contribution is -2.58. The summed E-state index contributed by atoms with van der Waals surface area (Å²) in [5, 5.41) is 11.4. The van der Waals surface area contributed by atoms with Crippen LogP contribution in [0.25, 0.3) is 0 Å². The highest BCUT2D eigenvalue weighted by Gasteiger charge is 2.41. The minimum Gasteiger partial charge on any atom is -0.459 e. The smallest absolute Gasteiger partial charge is 0.459 e. The molecule has 0 aliphatic carbocycles. The number of sulfonamides is 1. The Labute approximate surface area is 224 Å². The van der Waals surface area contributed by atoms with E-state index in [0.717, 1.165) is 18.2 Å². The van der Waals surface area contributed by atoms with Gasteiger partial charge in [-0.1, -0.05) is 24.3 Å². The van der Waals surface area contributed by atoms with Gasteiger partial charge in [0.15, 0.2) is 4.90 Å². The maximum absolute atomic E-state index is 13.4. The highest BCUT2D eigenvalue weighted by atomic mass is 32.2. The van der Waals surface area contributed by atoms with Crippen molar-refractivity contribution in [2.75, 3.05) is 19.6 Å². The van der Waals surface area contributed by atoms with Gasteiger partial charge in [-0.15, -0.1) is 13.2 Å². The second-order valence-corrected chi connectivity index (χ2v) is 12.0. The van der Waals surface area contributed by atoms with Crippen molar-refractivity contribution >= 4 is 21.7 Å². The van der Waals surface area contributed by atoms with Gasteiger partial charge in [0.25, 0.3) is 5.69 Å². The average molecular weight is 574 g/mol. The molecule has 0 N–H and O–H groups in total. The molecule has 0 radical (unpaired) electrons. The van der Waals surface area contributed by atoms with Crippen LogP contribution in [-0.2, 0) is 26.0 Å². The number of ether oxygens (including phenoxy) is 2. The third-order valence-corrected chi connectivity index (χ3v) is 8.01. The van der Waals surface area contributed by atoms with E-state index >= 15 is 0 Å². The number of halogens is 3. The standard InChI is InChI=1S/C25H30F3N3O7S/c1-17-16-29(13-14-30(17)39(35,36)22-8-6-5-7-20(22)31(33)34)21(23(32)38-24(2,3)4)15-18-9-11-19(12-10-18)37-25(26,27)28/h5-12,17,21H,13-16H2,1-4H3/t17-,21-/m0/s1. The van der Waals surface area contributed by atoms with Gasteiger partial charge in [0.05, 0.1) is 4.92 Å². The maximum atomic E-state index is 13.4. The third kappa shape index (κ3) is 7.90. The number of benzene rings is 2. The quantitative estimate of drug-likeness (QED) is 0.263. The normalized spacial score (nSPS) is 18.4. The Morgan fingerprint density at radius 3 is 2.26 bits per heavy atom. The van der Waals surface area contributed by atoms with Crippen LogP contribution < -0.4 is 4.74 Å². The Morgan fingerprint density at radius 2 is 1.72 bits per heavy atom. The van der Waals surface area contributed by atoms with Gasteiger partial charge < -0.3 is 9.47 Å². The zero-order chi connectivity index (χ0) is 29.2. The second-order valence-electron chi connectivity index (χ2n) is 10.1. The number of hydrogen-bond acceptors (Lipinski definition) is 8. The average Bonchev–Trinajstić information content (AvgIpc) is 2.81. The molecule has 39 heavy (non-hydrogen) atoms. The first-order valence-corrected chi connectivity index (χ1v) is 13.5. The molecule has 1 heterocycles. The molecular weight excluding hydrogens is 543 g/mol. The van der Waals surface area contributed by atoms with Gasteiger partial charge in [-0.05, 0) is 57.9 Å². The zero-order valence-electron chi connectivity index (χ0n) is 21.8. The fourth-order valence-corrected chi connectivity index (χ4v) is 6.12. The predicted molar refractivity (Wildman–Crippen MR) is 134 cm³/mol. The molecule has 214 valence electrons. The molecule has 10 nitrogen and oxygen atoms in total. The van der Waals surface area contributed by atoms with Crippen LogP contribution in [0.15, 0.2) is 53.4 Å². The molecule has 1 aliphatic rings. The molecule has 0 aromatic heterocycles. The van der Waals surface area contributed by atoms with Crippen LogP contribution >= 0.6 is 0 Å². The van der Waals surface area contributed by atoms with Gasteiger partial charge in [-0.2, -0.15) is 4.31 Å². The fourth-order valence-electron chi connectivity index (χ4n) is 4.34. The summed E-state index contributed by atoms with van der Waals surface area (Å²) >= 11 is 0. The first-order valence-electron chi connectivity index (χ1n) is 12.0. The van der Waals surface area contributed by atoms with Crippen molar-refractivity contribution < 1.29 is 40.8 Å². The Kier molecular flexibility index (Phi) is 8.92. The number of esters is 1. The van der Waals surface area contributed by atoms with Gasteiger partial charge in [-0.3, -0.25) is 19.8 Å². The molecule has 0 unspecified atom stereocenters. The van der Waals surface area contributed by atoms with Crippen molar-refractivity contribution in [2.24, 2.45) is 0 Å². The number of carbonyl (C=O) groups excluding carboxylic acids is 1. The van der Waals surface area contributed by atoms with Crippen LogP contribution in [0.3, 0.4) is 0 Å². The van der Waals surface area contributed by atoms with E-state index in [0.29, 0.717) is 5.56 Å². The van der Waals surface area contributed by atoms with Crippen molar-refractivity contribution in [3.05, 3.63) is 64.2 Å². The van der Waals surface area contributed by atoms with Crippen LogP contribution in [0.4, 0.5) is 18.9 Å². The maximum Gasteiger partial charge on any atom is 0.573 e. The first-order chi connectivity index (χ1) is 18.0. The molecule has 0 spiro atoms. The van der Waals surface area contributed by atoms with E-state index in [1.807, 2.05) is 0 Å². The van der Waals surface area contributed by atoms with Gasteiger partial charge in [0.2, 0.25) is 10.0 Å². The van der Waals surface area contributed by atoms with Gasteiger partial charge in [-0.25, -0.2) is 8.42 Å². The van der Waals surface area contributed by atoms with Gasteiger partial charge >= 0.3 is 12.3 Å². The largest absolute Gasteiger partial charge is 0.573 e. The van der Waals surface area contributed by atoms with E-state index in [2.05, 4.69) is 4.74 Å². The van der Waals surface area contributed by atoms with Crippen molar-refractivity contribution in [1.29, 1.82) is 0 Å². The summed E-state index contributed by atoms with van der Waals surface area (Å²) in [5.41, 5.74) is -0.803. The Hall–Kier alpha value is -3.23. The van der Waals surface area contributed by atoms with Crippen LogP contribution in [-0.4, -0.2) is 72.2 Å². The third-order valence-electron chi connectivity index (χ3n) is 5.95. The van der Waals surface area contributed by atoms with E-state index in [1.54, 1.807) is 32.6 Å².